The molecule has 0 bridgehead atoms. The number of nitrogens with one attached hydrogen (secondary N) is 1. The van der Waals surface area contributed by atoms with Crippen molar-refractivity contribution in [3.63, 3.8) is 0 Å². The topological polar surface area (TPSA) is 21.3 Å². The fourth-order valence-corrected chi connectivity index (χ4v) is 1.34. The van der Waals surface area contributed by atoms with Crippen molar-refractivity contribution in [2.45, 2.75) is 38.5 Å². The molecular formula is C11H25NOS. The van der Waals surface area contributed by atoms with E-state index in [1.54, 1.807) is 7.11 Å². The van der Waals surface area contributed by atoms with Gasteiger partial charge in [-0.2, -0.15) is 11.8 Å². The summed E-state index contributed by atoms with van der Waals surface area (Å²) in [5.74, 6) is 0.618. The van der Waals surface area contributed by atoms with Gasteiger partial charge in [-0.15, -0.1) is 0 Å². The van der Waals surface area contributed by atoms with Gasteiger partial charge in [0.1, 0.15) is 0 Å². The Hall–Kier alpha value is 0.270. The molecule has 0 unspecified atom stereocenters. The fourth-order valence-electron chi connectivity index (χ4n) is 1.12. The van der Waals surface area contributed by atoms with Crippen LogP contribution in [0.4, 0.5) is 0 Å². The van der Waals surface area contributed by atoms with E-state index in [0.29, 0.717) is 16.7 Å². The zero-order valence-electron chi connectivity index (χ0n) is 10.4. The van der Waals surface area contributed by atoms with Crippen LogP contribution in [0.3, 0.4) is 0 Å². The normalized spacial score (nSPS) is 14.8. The molecule has 0 rings (SSSR count). The quantitative estimate of drug-likeness (QED) is 0.710. The average Bonchev–Trinajstić information content (AvgIpc) is 2.12. The molecule has 0 aliphatic carbocycles. The Labute approximate surface area is 93.2 Å². The number of ether oxygens (including phenoxy) is 1. The molecule has 0 aliphatic rings. The molecular weight excluding hydrogens is 194 g/mol. The smallest absolute Gasteiger partial charge is 0.0618 e. The summed E-state index contributed by atoms with van der Waals surface area (Å²) in [5, 5.41) is 3.57. The van der Waals surface area contributed by atoms with Crippen molar-refractivity contribution in [1.82, 2.24) is 5.32 Å². The molecule has 0 fully saturated rings. The molecule has 0 aromatic rings. The van der Waals surface area contributed by atoms with E-state index in [0.717, 1.165) is 13.2 Å². The van der Waals surface area contributed by atoms with Gasteiger partial charge in [-0.1, -0.05) is 13.8 Å². The molecule has 0 saturated carbocycles. The fraction of sp³-hybridized carbons (Fsp3) is 1.00. The van der Waals surface area contributed by atoms with Gasteiger partial charge in [-0.3, -0.25) is 0 Å². The van der Waals surface area contributed by atoms with Gasteiger partial charge < -0.3 is 10.1 Å². The van der Waals surface area contributed by atoms with Gasteiger partial charge in [-0.25, -0.2) is 0 Å². The molecule has 0 aliphatic heterocycles. The molecule has 0 spiro atoms. The number of thioether (sulfide) groups is 1. The lowest BCUT2D eigenvalue weighted by Gasteiger charge is -2.28. The summed E-state index contributed by atoms with van der Waals surface area (Å²) in [6, 6.07) is 0.464. The predicted molar refractivity (Wildman–Crippen MR) is 66.1 cm³/mol. The van der Waals surface area contributed by atoms with Crippen LogP contribution in [0, 0.1) is 5.92 Å². The number of methoxy groups -OCH3 is 1. The molecule has 86 valence electrons. The van der Waals surface area contributed by atoms with E-state index >= 15 is 0 Å². The maximum Gasteiger partial charge on any atom is 0.0618 e. The van der Waals surface area contributed by atoms with Crippen molar-refractivity contribution in [1.29, 1.82) is 0 Å². The van der Waals surface area contributed by atoms with Crippen LogP contribution < -0.4 is 5.32 Å². The lowest BCUT2D eigenvalue weighted by Crippen LogP contribution is -2.43. The average molecular weight is 219 g/mol. The van der Waals surface area contributed by atoms with Crippen LogP contribution in [0.1, 0.15) is 27.7 Å². The van der Waals surface area contributed by atoms with Crippen LogP contribution in [0.2, 0.25) is 0 Å². The predicted octanol–water partition coefficient (Wildman–Crippen LogP) is 2.39. The Balaban J connectivity index is 3.93. The Morgan fingerprint density at radius 3 is 2.29 bits per heavy atom. The highest BCUT2D eigenvalue weighted by Gasteiger charge is 2.19. The van der Waals surface area contributed by atoms with Crippen LogP contribution in [0.25, 0.3) is 0 Å². The lowest BCUT2D eigenvalue weighted by molar-refractivity contribution is 0.146. The van der Waals surface area contributed by atoms with Gasteiger partial charge in [0.05, 0.1) is 6.61 Å². The maximum atomic E-state index is 5.19. The molecule has 0 aromatic carbocycles. The van der Waals surface area contributed by atoms with E-state index in [2.05, 4.69) is 39.3 Å². The van der Waals surface area contributed by atoms with Crippen LogP contribution in [0.5, 0.6) is 0 Å². The van der Waals surface area contributed by atoms with Gasteiger partial charge in [-0.05, 0) is 26.0 Å². The van der Waals surface area contributed by atoms with Crippen molar-refractivity contribution in [3.8, 4) is 0 Å². The Morgan fingerprint density at radius 2 is 1.93 bits per heavy atom. The molecule has 3 heteroatoms. The van der Waals surface area contributed by atoms with Crippen LogP contribution in [-0.4, -0.2) is 37.3 Å². The minimum absolute atomic E-state index is 0.306. The van der Waals surface area contributed by atoms with Crippen molar-refractivity contribution in [2.75, 3.05) is 26.5 Å². The summed E-state index contributed by atoms with van der Waals surface area (Å²) in [7, 11) is 1.76. The largest absolute Gasteiger partial charge is 0.383 e. The third kappa shape index (κ3) is 5.89. The number of rotatable bonds is 7. The van der Waals surface area contributed by atoms with E-state index in [1.807, 2.05) is 11.8 Å². The zero-order chi connectivity index (χ0) is 11.2. The molecule has 0 amide bonds. The van der Waals surface area contributed by atoms with E-state index in [9.17, 15) is 0 Å². The first-order valence-electron chi connectivity index (χ1n) is 5.20. The highest BCUT2D eigenvalue weighted by Crippen LogP contribution is 2.20. The summed E-state index contributed by atoms with van der Waals surface area (Å²) in [4.78, 5) is 0. The third-order valence-corrected chi connectivity index (χ3v) is 3.74. The zero-order valence-corrected chi connectivity index (χ0v) is 11.2. The van der Waals surface area contributed by atoms with Crippen molar-refractivity contribution < 1.29 is 4.74 Å². The van der Waals surface area contributed by atoms with Gasteiger partial charge >= 0.3 is 0 Å². The highest BCUT2D eigenvalue weighted by atomic mass is 32.2. The van der Waals surface area contributed by atoms with Crippen molar-refractivity contribution >= 4 is 11.8 Å². The monoisotopic (exact) mass is 219 g/mol. The Morgan fingerprint density at radius 1 is 1.36 bits per heavy atom. The van der Waals surface area contributed by atoms with Gasteiger partial charge in [0.2, 0.25) is 0 Å². The van der Waals surface area contributed by atoms with Crippen molar-refractivity contribution in [3.05, 3.63) is 0 Å². The number of hydrogen-bond donors (Lipinski definition) is 1. The first-order valence-corrected chi connectivity index (χ1v) is 6.43. The SMILES string of the molecule is COC[C@@H](NCC(C)(C)SC)C(C)C. The molecule has 2 nitrogen and oxygen atoms in total. The molecule has 0 saturated heterocycles. The molecule has 14 heavy (non-hydrogen) atoms. The van der Waals surface area contributed by atoms with Crippen LogP contribution >= 0.6 is 11.8 Å². The molecule has 0 aromatic heterocycles. The first-order chi connectivity index (χ1) is 6.43. The standard InChI is InChI=1S/C11H25NOS/c1-9(2)10(7-13-5)12-8-11(3,4)14-6/h9-10,12H,7-8H2,1-6H3/t10-/m1/s1. The molecule has 1 atom stereocenters. The van der Waals surface area contributed by atoms with Crippen molar-refractivity contribution in [2.24, 2.45) is 5.92 Å². The summed E-state index contributed by atoms with van der Waals surface area (Å²) in [6.07, 6.45) is 2.16. The van der Waals surface area contributed by atoms with Gasteiger partial charge in [0.15, 0.2) is 0 Å². The Bertz CT molecular complexity index is 148. The summed E-state index contributed by atoms with van der Waals surface area (Å²) >= 11 is 1.90. The summed E-state index contributed by atoms with van der Waals surface area (Å²) in [6.45, 7) is 10.8. The van der Waals surface area contributed by atoms with E-state index in [1.165, 1.54) is 0 Å². The molecule has 0 heterocycles. The maximum absolute atomic E-state index is 5.19. The minimum Gasteiger partial charge on any atom is -0.383 e. The number of hydrogen-bond acceptors (Lipinski definition) is 3. The summed E-state index contributed by atoms with van der Waals surface area (Å²) < 4.78 is 5.50. The third-order valence-electron chi connectivity index (χ3n) is 2.49. The molecule has 0 radical (unpaired) electrons. The second-order valence-electron chi connectivity index (χ2n) is 4.65. The Kier molecular flexibility index (Phi) is 6.83. The van der Waals surface area contributed by atoms with E-state index in [4.69, 9.17) is 4.74 Å². The minimum atomic E-state index is 0.306. The summed E-state index contributed by atoms with van der Waals surface area (Å²) in [5.41, 5.74) is 0. The second-order valence-corrected chi connectivity index (χ2v) is 6.16. The van der Waals surface area contributed by atoms with E-state index < -0.39 is 0 Å². The van der Waals surface area contributed by atoms with E-state index in [-0.39, 0.29) is 0 Å². The second kappa shape index (κ2) is 6.70. The highest BCUT2D eigenvalue weighted by molar-refractivity contribution is 7.99. The van der Waals surface area contributed by atoms with Gasteiger partial charge in [0, 0.05) is 24.4 Å². The van der Waals surface area contributed by atoms with Gasteiger partial charge in [0.25, 0.3) is 0 Å². The van der Waals surface area contributed by atoms with Crippen LogP contribution in [-0.2, 0) is 4.74 Å². The van der Waals surface area contributed by atoms with Crippen LogP contribution in [0.15, 0.2) is 0 Å². The lowest BCUT2D eigenvalue weighted by atomic mass is 10.0. The first kappa shape index (κ1) is 14.3. The molecule has 1 N–H and O–H groups in total.